The molecule has 0 radical (unpaired) electrons. The van der Waals surface area contributed by atoms with Crippen molar-refractivity contribution in [2.45, 2.75) is 11.4 Å². The van der Waals surface area contributed by atoms with Crippen LogP contribution in [0.3, 0.4) is 0 Å². The lowest BCUT2D eigenvalue weighted by molar-refractivity contribution is -0.141. The predicted molar refractivity (Wildman–Crippen MR) is 95.7 cm³/mol. The van der Waals surface area contributed by atoms with Gasteiger partial charge < -0.3 is 10.0 Å². The molecule has 0 unspecified atom stereocenters. The number of nitrogens with zero attached hydrogens (tertiary/aromatic N) is 1. The maximum absolute atomic E-state index is 12.9. The van der Waals surface area contributed by atoms with E-state index >= 15 is 0 Å². The van der Waals surface area contributed by atoms with Gasteiger partial charge in [-0.3, -0.25) is 4.79 Å². The van der Waals surface area contributed by atoms with Crippen molar-refractivity contribution in [1.29, 1.82) is 0 Å². The normalized spacial score (nSPS) is 20.2. The van der Waals surface area contributed by atoms with Crippen molar-refractivity contribution in [2.75, 3.05) is 5.75 Å². The van der Waals surface area contributed by atoms with E-state index in [-0.39, 0.29) is 5.91 Å². The Morgan fingerprint density at radius 2 is 1.75 bits per heavy atom. The van der Waals surface area contributed by atoms with E-state index < -0.39 is 17.4 Å². The molecule has 0 aliphatic carbocycles. The molecule has 1 aliphatic rings. The van der Waals surface area contributed by atoms with Crippen LogP contribution in [0.25, 0.3) is 0 Å². The van der Waals surface area contributed by atoms with Crippen LogP contribution in [0, 0.1) is 0 Å². The number of rotatable bonds is 3. The number of carbonyl (C=O) groups excluding carboxylic acids is 1. The summed E-state index contributed by atoms with van der Waals surface area (Å²) in [5.41, 5.74) is 1.13. The fourth-order valence-electron chi connectivity index (χ4n) is 2.60. The highest BCUT2D eigenvalue weighted by molar-refractivity contribution is 7.99. The topological polar surface area (TPSA) is 57.6 Å². The second-order valence-electron chi connectivity index (χ2n) is 5.28. The second-order valence-corrected chi connectivity index (χ2v) is 7.24. The maximum Gasteiger partial charge on any atom is 0.327 e. The minimum atomic E-state index is -1.03. The molecule has 1 aliphatic heterocycles. The Morgan fingerprint density at radius 1 is 1.08 bits per heavy atom. The Labute approximate surface area is 153 Å². The summed E-state index contributed by atoms with van der Waals surface area (Å²) >= 11 is 13.5. The van der Waals surface area contributed by atoms with Crippen LogP contribution >= 0.6 is 35.0 Å². The van der Waals surface area contributed by atoms with E-state index in [0.29, 0.717) is 21.4 Å². The summed E-state index contributed by atoms with van der Waals surface area (Å²) in [6.07, 6.45) is 0. The number of amides is 1. The summed E-state index contributed by atoms with van der Waals surface area (Å²) in [6.45, 7) is 0. The van der Waals surface area contributed by atoms with Crippen LogP contribution in [-0.2, 0) is 4.79 Å². The van der Waals surface area contributed by atoms with Gasteiger partial charge in [0.1, 0.15) is 11.4 Å². The number of carboxylic acid groups (broad SMARTS) is 1. The van der Waals surface area contributed by atoms with Crippen molar-refractivity contribution in [1.82, 2.24) is 4.90 Å². The standard InChI is InChI=1S/C17H13Cl2NO3S/c18-11-7-5-10(6-8-11)15(21)20-14(17(22)23)9-24-16(20)12-3-1-2-4-13(12)19/h1-8,14,16H,9H2,(H,22,23)/t14-,16-/m0/s1. The van der Waals surface area contributed by atoms with Gasteiger partial charge in [0.2, 0.25) is 0 Å². The van der Waals surface area contributed by atoms with E-state index in [1.54, 1.807) is 36.4 Å². The van der Waals surface area contributed by atoms with Crippen molar-refractivity contribution in [3.05, 3.63) is 69.7 Å². The number of carbonyl (C=O) groups is 2. The fraction of sp³-hybridized carbons (Fsp3) is 0.176. The molecule has 2 aromatic rings. The molecule has 24 heavy (non-hydrogen) atoms. The average molecular weight is 382 g/mol. The molecule has 0 aromatic heterocycles. The molecule has 1 saturated heterocycles. The minimum Gasteiger partial charge on any atom is -0.480 e. The zero-order valence-electron chi connectivity index (χ0n) is 12.4. The Hall–Kier alpha value is -1.69. The van der Waals surface area contributed by atoms with E-state index in [9.17, 15) is 14.7 Å². The number of halogens is 2. The molecule has 0 saturated carbocycles. The van der Waals surface area contributed by atoms with Gasteiger partial charge in [0.25, 0.3) is 5.91 Å². The van der Waals surface area contributed by atoms with Crippen molar-refractivity contribution < 1.29 is 14.7 Å². The lowest BCUT2D eigenvalue weighted by Gasteiger charge is -2.28. The van der Waals surface area contributed by atoms with Gasteiger partial charge in [-0.1, -0.05) is 41.4 Å². The third-order valence-electron chi connectivity index (χ3n) is 3.78. The van der Waals surface area contributed by atoms with E-state index in [1.165, 1.54) is 16.7 Å². The first kappa shape index (κ1) is 17.1. The zero-order valence-corrected chi connectivity index (χ0v) is 14.7. The molecule has 1 amide bonds. The number of aliphatic carboxylic acids is 1. The van der Waals surface area contributed by atoms with E-state index in [2.05, 4.69) is 0 Å². The van der Waals surface area contributed by atoms with E-state index in [1.807, 2.05) is 12.1 Å². The number of thioether (sulfide) groups is 1. The molecule has 4 nitrogen and oxygen atoms in total. The first-order chi connectivity index (χ1) is 11.5. The van der Waals surface area contributed by atoms with Gasteiger partial charge in [-0.25, -0.2) is 4.79 Å². The Morgan fingerprint density at radius 3 is 2.38 bits per heavy atom. The molecule has 1 heterocycles. The molecular formula is C17H13Cl2NO3S. The molecule has 0 bridgehead atoms. The van der Waals surface area contributed by atoms with Crippen LogP contribution in [-0.4, -0.2) is 33.7 Å². The van der Waals surface area contributed by atoms with Gasteiger partial charge in [-0.2, -0.15) is 0 Å². The largest absolute Gasteiger partial charge is 0.480 e. The quantitative estimate of drug-likeness (QED) is 0.858. The third-order valence-corrected chi connectivity index (χ3v) is 5.68. The smallest absolute Gasteiger partial charge is 0.327 e. The van der Waals surface area contributed by atoms with Crippen molar-refractivity contribution in [3.8, 4) is 0 Å². The summed E-state index contributed by atoms with van der Waals surface area (Å²) in [5, 5.41) is 10.1. The molecule has 1 fully saturated rings. The summed E-state index contributed by atoms with van der Waals surface area (Å²) in [7, 11) is 0. The van der Waals surface area contributed by atoms with Crippen LogP contribution < -0.4 is 0 Å². The van der Waals surface area contributed by atoms with Gasteiger partial charge in [-0.05, 0) is 30.3 Å². The van der Waals surface area contributed by atoms with E-state index in [4.69, 9.17) is 23.2 Å². The summed E-state index contributed by atoms with van der Waals surface area (Å²) in [5.74, 6) is -1.07. The Balaban J connectivity index is 2.01. The SMILES string of the molecule is O=C(O)[C@@H]1CS[C@@H](c2ccccc2Cl)N1C(=O)c1ccc(Cl)cc1. The van der Waals surface area contributed by atoms with Crippen molar-refractivity contribution >= 4 is 46.8 Å². The second kappa shape index (κ2) is 7.05. The van der Waals surface area contributed by atoms with E-state index in [0.717, 1.165) is 5.56 Å². The lowest BCUT2D eigenvalue weighted by Crippen LogP contribution is -2.43. The summed E-state index contributed by atoms with van der Waals surface area (Å²) in [6, 6.07) is 12.7. The molecule has 1 N–H and O–H groups in total. The monoisotopic (exact) mass is 381 g/mol. The predicted octanol–water partition coefficient (Wildman–Crippen LogP) is 4.33. The van der Waals surface area contributed by atoms with Gasteiger partial charge in [0.15, 0.2) is 0 Å². The van der Waals surface area contributed by atoms with Crippen LogP contribution in [0.15, 0.2) is 48.5 Å². The van der Waals surface area contributed by atoms with Crippen molar-refractivity contribution in [2.24, 2.45) is 0 Å². The zero-order chi connectivity index (χ0) is 17.3. The maximum atomic E-state index is 12.9. The van der Waals surface area contributed by atoms with Gasteiger partial charge >= 0.3 is 5.97 Å². The highest BCUT2D eigenvalue weighted by Crippen LogP contribution is 2.44. The van der Waals surface area contributed by atoms with Gasteiger partial charge in [0, 0.05) is 26.9 Å². The summed E-state index contributed by atoms with van der Waals surface area (Å²) < 4.78 is 0. The molecular weight excluding hydrogens is 369 g/mol. The number of hydrogen-bond donors (Lipinski definition) is 1. The highest BCUT2D eigenvalue weighted by Gasteiger charge is 2.43. The Bertz CT molecular complexity index is 782. The first-order valence-electron chi connectivity index (χ1n) is 7.16. The third kappa shape index (κ3) is 3.24. The number of benzene rings is 2. The molecule has 124 valence electrons. The van der Waals surface area contributed by atoms with Crippen LogP contribution in [0.5, 0.6) is 0 Å². The van der Waals surface area contributed by atoms with Gasteiger partial charge in [-0.15, -0.1) is 11.8 Å². The fourth-order valence-corrected chi connectivity index (χ4v) is 4.49. The number of hydrogen-bond acceptors (Lipinski definition) is 3. The summed E-state index contributed by atoms with van der Waals surface area (Å²) in [4.78, 5) is 25.9. The highest BCUT2D eigenvalue weighted by atomic mass is 35.5. The van der Waals surface area contributed by atoms with Crippen LogP contribution in [0.4, 0.5) is 0 Å². The molecule has 0 spiro atoms. The van der Waals surface area contributed by atoms with Crippen molar-refractivity contribution in [3.63, 3.8) is 0 Å². The van der Waals surface area contributed by atoms with Crippen LogP contribution in [0.2, 0.25) is 10.0 Å². The average Bonchev–Trinajstić information content (AvgIpc) is 3.00. The first-order valence-corrected chi connectivity index (χ1v) is 8.96. The molecule has 7 heteroatoms. The minimum absolute atomic E-state index is 0.310. The number of carboxylic acids is 1. The molecule has 2 atom stereocenters. The van der Waals surface area contributed by atoms with Crippen LogP contribution in [0.1, 0.15) is 21.3 Å². The molecule has 3 rings (SSSR count). The Kier molecular flexibility index (Phi) is 5.04. The van der Waals surface area contributed by atoms with Gasteiger partial charge in [0.05, 0.1) is 0 Å². The molecule has 2 aromatic carbocycles. The lowest BCUT2D eigenvalue weighted by atomic mass is 10.1.